The van der Waals surface area contributed by atoms with E-state index in [1.54, 1.807) is 0 Å². The van der Waals surface area contributed by atoms with Gasteiger partial charge >= 0.3 is 12.1 Å². The monoisotopic (exact) mass is 446 g/mol. The summed E-state index contributed by atoms with van der Waals surface area (Å²) in [6.07, 6.45) is 6.61. The molecule has 7 nitrogen and oxygen atoms in total. The van der Waals surface area contributed by atoms with E-state index in [1.165, 1.54) is 17.2 Å². The summed E-state index contributed by atoms with van der Waals surface area (Å²) < 4.78 is 5.59. The van der Waals surface area contributed by atoms with Crippen LogP contribution in [-0.4, -0.2) is 42.3 Å². The van der Waals surface area contributed by atoms with Gasteiger partial charge in [0.15, 0.2) is 0 Å². The molecule has 2 aliphatic rings. The molecule has 2 aromatic carbocycles. The van der Waals surface area contributed by atoms with Crippen LogP contribution in [0.5, 0.6) is 0 Å². The van der Waals surface area contributed by atoms with Crippen molar-refractivity contribution in [2.75, 3.05) is 13.2 Å². The lowest BCUT2D eigenvalue weighted by molar-refractivity contribution is -0.131. The van der Waals surface area contributed by atoms with Crippen molar-refractivity contribution < 1.29 is 24.2 Å². The molecule has 7 heteroatoms. The number of allylic oxidation sites excluding steroid dienone is 1. The number of alkyl carbamates (subject to hydrolysis) is 1. The molecule has 0 saturated carbocycles. The molecular weight excluding hydrogens is 420 g/mol. The van der Waals surface area contributed by atoms with Crippen molar-refractivity contribution >= 4 is 18.0 Å². The summed E-state index contributed by atoms with van der Waals surface area (Å²) in [6.45, 7) is 0.381. The predicted molar refractivity (Wildman–Crippen MR) is 124 cm³/mol. The number of fused-ring (bicyclic) bond motifs is 3. The first kappa shape index (κ1) is 22.3. The van der Waals surface area contributed by atoms with Crippen molar-refractivity contribution in [2.24, 2.45) is 5.92 Å². The van der Waals surface area contributed by atoms with E-state index >= 15 is 0 Å². The number of carbonyl (C=O) groups excluding carboxylic acids is 2. The SMILES string of the molecule is O=C(O)/C=C/CNC(=O)C1CC=CC(NC(=O)OCC2c3ccccc3-c3ccccc32)C1. The number of carbonyl (C=O) groups is 3. The van der Waals surface area contributed by atoms with Crippen LogP contribution in [0.4, 0.5) is 4.79 Å². The summed E-state index contributed by atoms with van der Waals surface area (Å²) in [4.78, 5) is 35.3. The molecule has 3 N–H and O–H groups in total. The Morgan fingerprint density at radius 3 is 2.36 bits per heavy atom. The molecule has 0 heterocycles. The van der Waals surface area contributed by atoms with Crippen LogP contribution in [0.1, 0.15) is 29.9 Å². The third-order valence-electron chi connectivity index (χ3n) is 6.00. The number of amides is 2. The molecule has 4 rings (SSSR count). The van der Waals surface area contributed by atoms with Crippen LogP contribution < -0.4 is 10.6 Å². The first-order valence-corrected chi connectivity index (χ1v) is 11.0. The fourth-order valence-corrected chi connectivity index (χ4v) is 4.46. The number of hydrogen-bond acceptors (Lipinski definition) is 4. The van der Waals surface area contributed by atoms with Crippen molar-refractivity contribution in [3.8, 4) is 11.1 Å². The van der Waals surface area contributed by atoms with Crippen LogP contribution in [0.3, 0.4) is 0 Å². The van der Waals surface area contributed by atoms with E-state index in [0.29, 0.717) is 12.8 Å². The van der Waals surface area contributed by atoms with Crippen LogP contribution in [0.2, 0.25) is 0 Å². The minimum Gasteiger partial charge on any atom is -0.478 e. The summed E-state index contributed by atoms with van der Waals surface area (Å²) in [6, 6.07) is 16.0. The standard InChI is InChI=1S/C26H26N2O5/c29-24(30)13-6-14-27-25(31)17-7-5-8-18(15-17)28-26(32)33-16-23-21-11-3-1-9-19(21)20-10-2-4-12-22(20)23/h1-6,8-13,17-18,23H,7,14-16H2,(H,27,31)(H,28,32)(H,29,30)/b13-6+. The summed E-state index contributed by atoms with van der Waals surface area (Å²) in [7, 11) is 0. The fraction of sp³-hybridized carbons (Fsp3) is 0.269. The van der Waals surface area contributed by atoms with E-state index < -0.39 is 12.1 Å². The molecule has 33 heavy (non-hydrogen) atoms. The predicted octanol–water partition coefficient (Wildman–Crippen LogP) is 3.62. The van der Waals surface area contributed by atoms with Gasteiger partial charge in [-0.05, 0) is 35.1 Å². The zero-order valence-corrected chi connectivity index (χ0v) is 18.1. The lowest BCUT2D eigenvalue weighted by atomic mass is 9.90. The van der Waals surface area contributed by atoms with E-state index in [4.69, 9.17) is 9.84 Å². The third-order valence-corrected chi connectivity index (χ3v) is 6.00. The Hall–Kier alpha value is -3.87. The van der Waals surface area contributed by atoms with Crippen LogP contribution in [0.15, 0.2) is 72.8 Å². The summed E-state index contributed by atoms with van der Waals surface area (Å²) in [5.74, 6) is -1.54. The van der Waals surface area contributed by atoms with Gasteiger partial charge in [0, 0.05) is 24.5 Å². The highest BCUT2D eigenvalue weighted by atomic mass is 16.5. The maximum Gasteiger partial charge on any atom is 0.407 e. The summed E-state index contributed by atoms with van der Waals surface area (Å²) >= 11 is 0. The van der Waals surface area contributed by atoms with Gasteiger partial charge in [0.05, 0.1) is 6.04 Å². The van der Waals surface area contributed by atoms with Crippen molar-refractivity contribution in [1.82, 2.24) is 10.6 Å². The third kappa shape index (κ3) is 5.31. The molecule has 0 radical (unpaired) electrons. The second kappa shape index (κ2) is 10.2. The van der Waals surface area contributed by atoms with Crippen LogP contribution in [-0.2, 0) is 14.3 Å². The number of hydrogen-bond donors (Lipinski definition) is 3. The van der Waals surface area contributed by atoms with Gasteiger partial charge in [-0.3, -0.25) is 4.79 Å². The van der Waals surface area contributed by atoms with Gasteiger partial charge in [0.2, 0.25) is 5.91 Å². The van der Waals surface area contributed by atoms with Gasteiger partial charge in [-0.15, -0.1) is 0 Å². The van der Waals surface area contributed by atoms with E-state index in [0.717, 1.165) is 17.2 Å². The van der Waals surface area contributed by atoms with Gasteiger partial charge in [0.1, 0.15) is 6.61 Å². The maximum absolute atomic E-state index is 12.5. The Morgan fingerprint density at radius 1 is 1.03 bits per heavy atom. The lowest BCUT2D eigenvalue weighted by Crippen LogP contribution is -2.41. The van der Waals surface area contributed by atoms with Gasteiger partial charge < -0.3 is 20.5 Å². The second-order valence-electron chi connectivity index (χ2n) is 8.16. The molecule has 0 bridgehead atoms. The molecule has 0 fully saturated rings. The van der Waals surface area contributed by atoms with Crippen molar-refractivity contribution in [1.29, 1.82) is 0 Å². The number of rotatable bonds is 7. The Bertz CT molecular complexity index is 1060. The van der Waals surface area contributed by atoms with Crippen molar-refractivity contribution in [3.05, 3.63) is 84.0 Å². The molecule has 0 aromatic heterocycles. The van der Waals surface area contributed by atoms with Crippen LogP contribution in [0.25, 0.3) is 11.1 Å². The second-order valence-corrected chi connectivity index (χ2v) is 8.16. The van der Waals surface area contributed by atoms with Crippen molar-refractivity contribution in [2.45, 2.75) is 24.8 Å². The van der Waals surface area contributed by atoms with E-state index in [-0.39, 0.29) is 36.9 Å². The molecule has 0 spiro atoms. The number of carboxylic acids is 1. The normalized spacial score (nSPS) is 19.0. The number of ether oxygens (including phenoxy) is 1. The molecule has 170 valence electrons. The zero-order chi connectivity index (χ0) is 23.2. The first-order valence-electron chi connectivity index (χ1n) is 11.0. The molecule has 0 aliphatic heterocycles. The van der Waals surface area contributed by atoms with Crippen LogP contribution >= 0.6 is 0 Å². The molecule has 2 unspecified atom stereocenters. The minimum absolute atomic E-state index is 0.0116. The summed E-state index contributed by atoms with van der Waals surface area (Å²) in [5, 5.41) is 14.1. The topological polar surface area (TPSA) is 105 Å². The smallest absolute Gasteiger partial charge is 0.407 e. The van der Waals surface area contributed by atoms with Crippen LogP contribution in [0, 0.1) is 5.92 Å². The molecule has 2 aromatic rings. The van der Waals surface area contributed by atoms with Gasteiger partial charge in [0.25, 0.3) is 0 Å². The highest BCUT2D eigenvalue weighted by molar-refractivity contribution is 5.81. The average Bonchev–Trinajstić information content (AvgIpc) is 3.14. The van der Waals surface area contributed by atoms with Crippen molar-refractivity contribution in [3.63, 3.8) is 0 Å². The Morgan fingerprint density at radius 2 is 1.70 bits per heavy atom. The van der Waals surface area contributed by atoms with Gasteiger partial charge in [-0.25, -0.2) is 9.59 Å². The molecule has 2 atom stereocenters. The Labute approximate surface area is 192 Å². The number of aliphatic carboxylic acids is 1. The first-order chi connectivity index (χ1) is 16.0. The quantitative estimate of drug-likeness (QED) is 0.445. The molecule has 2 amide bonds. The number of nitrogens with one attached hydrogen (secondary N) is 2. The van der Waals surface area contributed by atoms with E-state index in [9.17, 15) is 14.4 Å². The fourth-order valence-electron chi connectivity index (χ4n) is 4.46. The zero-order valence-electron chi connectivity index (χ0n) is 18.1. The number of benzene rings is 2. The minimum atomic E-state index is -1.06. The number of carboxylic acid groups (broad SMARTS) is 1. The van der Waals surface area contributed by atoms with Gasteiger partial charge in [-0.1, -0.05) is 66.8 Å². The molecule has 0 saturated heterocycles. The molecule has 2 aliphatic carbocycles. The Balaban J connectivity index is 1.30. The maximum atomic E-state index is 12.5. The lowest BCUT2D eigenvalue weighted by Gasteiger charge is -2.25. The Kier molecular flexibility index (Phi) is 6.88. The average molecular weight is 447 g/mol. The largest absolute Gasteiger partial charge is 0.478 e. The molecular formula is C26H26N2O5. The summed E-state index contributed by atoms with van der Waals surface area (Å²) in [5.41, 5.74) is 4.64. The van der Waals surface area contributed by atoms with Gasteiger partial charge in [-0.2, -0.15) is 0 Å². The van der Waals surface area contributed by atoms with E-state index in [2.05, 4.69) is 34.9 Å². The van der Waals surface area contributed by atoms with E-state index in [1.807, 2.05) is 36.4 Å². The highest BCUT2D eigenvalue weighted by Gasteiger charge is 2.30. The highest BCUT2D eigenvalue weighted by Crippen LogP contribution is 2.44.